The minimum Gasteiger partial charge on any atom is -0.444 e. The second kappa shape index (κ2) is 6.59. The average molecular weight is 286 g/mol. The maximum atomic E-state index is 8.87. The lowest BCUT2D eigenvalue weighted by Crippen LogP contribution is -2.24. The van der Waals surface area contributed by atoms with Gasteiger partial charge in [-0.3, -0.25) is 0 Å². The van der Waals surface area contributed by atoms with E-state index in [0.29, 0.717) is 17.4 Å². The predicted octanol–water partition coefficient (Wildman–Crippen LogP) is 3.15. The SMILES string of the molecule is CC.Cc1c(NC2CCN(C)C2)ncc2oc(C#N)cc12. The first-order chi connectivity index (χ1) is 10.2. The number of pyridine rings is 1. The van der Waals surface area contributed by atoms with Gasteiger partial charge in [0.05, 0.1) is 6.20 Å². The molecule has 0 radical (unpaired) electrons. The molecule has 1 unspecified atom stereocenters. The number of rotatable bonds is 2. The van der Waals surface area contributed by atoms with E-state index >= 15 is 0 Å². The van der Waals surface area contributed by atoms with Crippen LogP contribution in [0.15, 0.2) is 16.7 Å². The van der Waals surface area contributed by atoms with Gasteiger partial charge in [0.1, 0.15) is 11.9 Å². The van der Waals surface area contributed by atoms with E-state index in [2.05, 4.69) is 22.2 Å². The van der Waals surface area contributed by atoms with Gasteiger partial charge in [-0.25, -0.2) is 4.98 Å². The summed E-state index contributed by atoms with van der Waals surface area (Å²) in [5, 5.41) is 13.3. The second-order valence-corrected chi connectivity index (χ2v) is 5.12. The molecule has 5 nitrogen and oxygen atoms in total. The topological polar surface area (TPSA) is 65.1 Å². The zero-order chi connectivity index (χ0) is 15.4. The molecular formula is C16H22N4O. The first kappa shape index (κ1) is 15.3. The van der Waals surface area contributed by atoms with Gasteiger partial charge in [-0.05, 0) is 26.9 Å². The Hall–Kier alpha value is -2.06. The molecule has 3 rings (SSSR count). The number of hydrogen-bond donors (Lipinski definition) is 1. The molecule has 1 aliphatic heterocycles. The molecule has 0 bridgehead atoms. The van der Waals surface area contributed by atoms with Crippen LogP contribution in [-0.2, 0) is 0 Å². The van der Waals surface area contributed by atoms with E-state index in [-0.39, 0.29) is 0 Å². The second-order valence-electron chi connectivity index (χ2n) is 5.12. The Morgan fingerprint density at radius 2 is 2.24 bits per heavy atom. The van der Waals surface area contributed by atoms with Crippen LogP contribution >= 0.6 is 0 Å². The Balaban J connectivity index is 0.000000774. The lowest BCUT2D eigenvalue weighted by molar-refractivity contribution is 0.414. The van der Waals surface area contributed by atoms with Gasteiger partial charge in [-0.1, -0.05) is 13.8 Å². The van der Waals surface area contributed by atoms with Crippen molar-refractivity contribution in [2.75, 3.05) is 25.5 Å². The summed E-state index contributed by atoms with van der Waals surface area (Å²) < 4.78 is 5.38. The Kier molecular flexibility index (Phi) is 4.81. The van der Waals surface area contributed by atoms with Gasteiger partial charge in [-0.15, -0.1) is 0 Å². The summed E-state index contributed by atoms with van der Waals surface area (Å²) >= 11 is 0. The quantitative estimate of drug-likeness (QED) is 0.918. The van der Waals surface area contributed by atoms with Crippen molar-refractivity contribution in [1.82, 2.24) is 9.88 Å². The number of likely N-dealkylation sites (tertiary alicyclic amines) is 1. The number of nitrogens with one attached hydrogen (secondary N) is 1. The third-order valence-corrected chi connectivity index (χ3v) is 3.67. The number of nitriles is 1. The van der Waals surface area contributed by atoms with E-state index in [0.717, 1.165) is 36.3 Å². The summed E-state index contributed by atoms with van der Waals surface area (Å²) in [6.45, 7) is 8.16. The monoisotopic (exact) mass is 286 g/mol. The molecule has 5 heteroatoms. The summed E-state index contributed by atoms with van der Waals surface area (Å²) in [5.74, 6) is 1.22. The standard InChI is InChI=1S/C14H16N4O.C2H6/c1-9-12-5-11(6-15)19-13(12)7-16-14(9)17-10-3-4-18(2)8-10;1-2/h5,7,10H,3-4,8H2,1-2H3,(H,16,17);1-2H3. The van der Waals surface area contributed by atoms with Crippen LogP contribution in [0.2, 0.25) is 0 Å². The van der Waals surface area contributed by atoms with E-state index in [9.17, 15) is 0 Å². The van der Waals surface area contributed by atoms with Gasteiger partial charge < -0.3 is 14.6 Å². The number of aryl methyl sites for hydroxylation is 1. The number of hydrogen-bond acceptors (Lipinski definition) is 5. The molecule has 112 valence electrons. The molecule has 1 fully saturated rings. The minimum absolute atomic E-state index is 0.331. The largest absolute Gasteiger partial charge is 0.444 e. The molecule has 0 saturated carbocycles. The van der Waals surface area contributed by atoms with Crippen molar-refractivity contribution in [1.29, 1.82) is 5.26 Å². The normalized spacial score (nSPS) is 18.1. The van der Waals surface area contributed by atoms with Crippen LogP contribution < -0.4 is 5.32 Å². The molecule has 1 atom stereocenters. The van der Waals surface area contributed by atoms with E-state index in [4.69, 9.17) is 9.68 Å². The molecule has 2 aromatic rings. The third kappa shape index (κ3) is 3.17. The fourth-order valence-corrected chi connectivity index (χ4v) is 2.59. The fraction of sp³-hybridized carbons (Fsp3) is 0.500. The Labute approximate surface area is 125 Å². The van der Waals surface area contributed by atoms with Crippen LogP contribution in [0.4, 0.5) is 5.82 Å². The molecule has 0 aromatic carbocycles. The molecule has 0 amide bonds. The van der Waals surface area contributed by atoms with E-state index in [1.165, 1.54) is 0 Å². The molecule has 21 heavy (non-hydrogen) atoms. The summed E-state index contributed by atoms with van der Waals surface area (Å²) in [5.41, 5.74) is 1.71. The molecule has 3 heterocycles. The maximum absolute atomic E-state index is 8.87. The van der Waals surface area contributed by atoms with Gasteiger partial charge in [0.2, 0.25) is 5.76 Å². The summed E-state index contributed by atoms with van der Waals surface area (Å²) in [7, 11) is 2.13. The van der Waals surface area contributed by atoms with E-state index < -0.39 is 0 Å². The molecule has 0 spiro atoms. The maximum Gasteiger partial charge on any atom is 0.204 e. The zero-order valence-electron chi connectivity index (χ0n) is 13.1. The first-order valence-electron chi connectivity index (χ1n) is 7.41. The Morgan fingerprint density at radius 1 is 1.48 bits per heavy atom. The summed E-state index contributed by atoms with van der Waals surface area (Å²) in [6, 6.07) is 4.24. The smallest absolute Gasteiger partial charge is 0.204 e. The van der Waals surface area contributed by atoms with Crippen molar-refractivity contribution in [2.24, 2.45) is 0 Å². The minimum atomic E-state index is 0.331. The van der Waals surface area contributed by atoms with Crippen molar-refractivity contribution in [3.8, 4) is 6.07 Å². The lowest BCUT2D eigenvalue weighted by Gasteiger charge is -2.15. The number of furan rings is 1. The third-order valence-electron chi connectivity index (χ3n) is 3.67. The average Bonchev–Trinajstić information content (AvgIpc) is 3.10. The van der Waals surface area contributed by atoms with Gasteiger partial charge in [0.15, 0.2) is 5.58 Å². The van der Waals surface area contributed by atoms with Crippen LogP contribution in [0.25, 0.3) is 11.0 Å². The number of nitrogens with zero attached hydrogens (tertiary/aromatic N) is 3. The number of fused-ring (bicyclic) bond motifs is 1. The highest BCUT2D eigenvalue weighted by molar-refractivity contribution is 5.85. The molecule has 1 aliphatic rings. The van der Waals surface area contributed by atoms with Gasteiger partial charge >= 0.3 is 0 Å². The van der Waals surface area contributed by atoms with Crippen LogP contribution in [0.5, 0.6) is 0 Å². The first-order valence-corrected chi connectivity index (χ1v) is 7.41. The molecule has 1 saturated heterocycles. The predicted molar refractivity (Wildman–Crippen MR) is 84.3 cm³/mol. The van der Waals surface area contributed by atoms with Crippen molar-refractivity contribution in [2.45, 2.75) is 33.2 Å². The molecule has 1 N–H and O–H groups in total. The molecule has 0 aliphatic carbocycles. The van der Waals surface area contributed by atoms with Crippen LogP contribution in [-0.4, -0.2) is 36.1 Å². The van der Waals surface area contributed by atoms with Crippen molar-refractivity contribution in [3.05, 3.63) is 23.6 Å². The van der Waals surface area contributed by atoms with E-state index in [1.807, 2.05) is 26.8 Å². The van der Waals surface area contributed by atoms with Crippen LogP contribution in [0.1, 0.15) is 31.6 Å². The number of aromatic nitrogens is 1. The lowest BCUT2D eigenvalue weighted by atomic mass is 10.1. The summed E-state index contributed by atoms with van der Waals surface area (Å²) in [4.78, 5) is 6.71. The Morgan fingerprint density at radius 3 is 2.86 bits per heavy atom. The fourth-order valence-electron chi connectivity index (χ4n) is 2.59. The molecule has 2 aromatic heterocycles. The highest BCUT2D eigenvalue weighted by Crippen LogP contribution is 2.27. The highest BCUT2D eigenvalue weighted by Gasteiger charge is 2.20. The van der Waals surface area contributed by atoms with Gasteiger partial charge in [0.25, 0.3) is 0 Å². The van der Waals surface area contributed by atoms with Crippen LogP contribution in [0, 0.1) is 18.3 Å². The molecular weight excluding hydrogens is 264 g/mol. The van der Waals surface area contributed by atoms with Crippen molar-refractivity contribution >= 4 is 16.8 Å². The van der Waals surface area contributed by atoms with E-state index in [1.54, 1.807) is 12.3 Å². The van der Waals surface area contributed by atoms with Crippen molar-refractivity contribution in [3.63, 3.8) is 0 Å². The Bertz CT molecular complexity index is 656. The zero-order valence-corrected chi connectivity index (χ0v) is 13.1. The van der Waals surface area contributed by atoms with Gasteiger partial charge in [0, 0.05) is 29.6 Å². The van der Waals surface area contributed by atoms with Gasteiger partial charge in [-0.2, -0.15) is 5.26 Å². The number of anilines is 1. The van der Waals surface area contributed by atoms with Crippen LogP contribution in [0.3, 0.4) is 0 Å². The highest BCUT2D eigenvalue weighted by atomic mass is 16.3. The summed E-state index contributed by atoms with van der Waals surface area (Å²) in [6.07, 6.45) is 2.81. The van der Waals surface area contributed by atoms with Crippen molar-refractivity contribution < 1.29 is 4.42 Å². The number of likely N-dealkylation sites (N-methyl/N-ethyl adjacent to an activating group) is 1.